The summed E-state index contributed by atoms with van der Waals surface area (Å²) in [6.07, 6.45) is 8.82. The third kappa shape index (κ3) is 20.5. The van der Waals surface area contributed by atoms with Crippen molar-refractivity contribution in [3.05, 3.63) is 23.4 Å². The molecule has 18 heavy (non-hydrogen) atoms. The minimum Gasteiger partial charge on any atom is -0.307 e. The summed E-state index contributed by atoms with van der Waals surface area (Å²) < 4.78 is 0. The van der Waals surface area contributed by atoms with Gasteiger partial charge in [-0.3, -0.25) is 6.08 Å². The fraction of sp³-hybridized carbons (Fsp3) is 0.333. The van der Waals surface area contributed by atoms with Crippen molar-refractivity contribution in [1.82, 2.24) is 0 Å². The maximum absolute atomic E-state index is 8.00. The molecule has 0 saturated carbocycles. The number of hydrogen-bond donors (Lipinski definition) is 0. The maximum Gasteiger partial charge on any atom is 0.106 e. The van der Waals surface area contributed by atoms with Crippen molar-refractivity contribution in [2.75, 3.05) is 0 Å². The van der Waals surface area contributed by atoms with Gasteiger partial charge in [-0.25, -0.2) is 11.3 Å². The van der Waals surface area contributed by atoms with Crippen LogP contribution in [0.2, 0.25) is 19.6 Å². The second-order valence-electron chi connectivity index (χ2n) is 3.45. The van der Waals surface area contributed by atoms with Crippen molar-refractivity contribution >= 4 is 35.2 Å². The molecular weight excluding hydrogens is 329 g/mol. The fourth-order valence-corrected chi connectivity index (χ4v) is 2.17. The SMILES string of the molecule is C=O.C=O.C=O.C=O.C[Si](C)(C)C1=[C-]CC=C1.[Nb]. The molecule has 4 nitrogen and oxygen atoms in total. The molecule has 0 atom stereocenters. The van der Waals surface area contributed by atoms with E-state index in [2.05, 4.69) is 37.9 Å². The number of carbonyl (C=O) groups excluding carboxylic acids is 4. The van der Waals surface area contributed by atoms with Crippen molar-refractivity contribution in [3.8, 4) is 0 Å². The van der Waals surface area contributed by atoms with Crippen molar-refractivity contribution in [1.29, 1.82) is 0 Å². The van der Waals surface area contributed by atoms with Crippen molar-refractivity contribution in [2.45, 2.75) is 26.1 Å². The van der Waals surface area contributed by atoms with E-state index in [1.54, 1.807) is 0 Å². The summed E-state index contributed by atoms with van der Waals surface area (Å²) in [4.78, 5) is 32.0. The Morgan fingerprint density at radius 2 is 1.28 bits per heavy atom. The smallest absolute Gasteiger partial charge is 0.106 e. The predicted molar refractivity (Wildman–Crippen MR) is 72.3 cm³/mol. The Morgan fingerprint density at radius 3 is 1.39 bits per heavy atom. The van der Waals surface area contributed by atoms with Gasteiger partial charge in [-0.2, -0.15) is 6.08 Å². The van der Waals surface area contributed by atoms with Crippen LogP contribution >= 0.6 is 0 Å². The first-order valence-electron chi connectivity index (χ1n) is 4.54. The van der Waals surface area contributed by atoms with Crippen LogP contribution in [0.3, 0.4) is 0 Å². The molecule has 0 aliphatic heterocycles. The molecule has 1 rings (SSSR count). The normalized spacial score (nSPS) is 10.1. The molecule has 0 unspecified atom stereocenters. The van der Waals surface area contributed by atoms with Gasteiger partial charge in [-0.05, 0) is 0 Å². The molecule has 0 aromatic heterocycles. The first kappa shape index (κ1) is 30.3. The molecule has 0 N–H and O–H groups in total. The standard InChI is InChI=1S/C8H13Si.4CH2O.Nb/c1-9(2,3)8-6-4-5-7-8;4*1-2;/h4,6H,5H2,1-3H3;4*1H2;/q-1;;;;;. The first-order chi connectivity index (χ1) is 8.11. The Hall–Kier alpha value is -0.883. The summed E-state index contributed by atoms with van der Waals surface area (Å²) in [6.45, 7) is 15.1. The second kappa shape index (κ2) is 25.1. The zero-order chi connectivity index (χ0) is 14.9. The van der Waals surface area contributed by atoms with E-state index in [-0.39, 0.29) is 22.4 Å². The van der Waals surface area contributed by atoms with Crippen LogP contribution in [0.4, 0.5) is 0 Å². The van der Waals surface area contributed by atoms with E-state index in [1.165, 1.54) is 5.20 Å². The maximum atomic E-state index is 8.00. The van der Waals surface area contributed by atoms with Crippen LogP contribution in [-0.4, -0.2) is 35.2 Å². The quantitative estimate of drug-likeness (QED) is 0.534. The van der Waals surface area contributed by atoms with Crippen molar-refractivity contribution in [2.24, 2.45) is 0 Å². The van der Waals surface area contributed by atoms with E-state index >= 15 is 0 Å². The van der Waals surface area contributed by atoms with Gasteiger partial charge in [-0.1, -0.05) is 19.6 Å². The molecule has 0 aromatic carbocycles. The van der Waals surface area contributed by atoms with E-state index in [9.17, 15) is 0 Å². The van der Waals surface area contributed by atoms with Crippen LogP contribution in [0.15, 0.2) is 17.3 Å². The zero-order valence-corrected chi connectivity index (χ0v) is 14.5. The monoisotopic (exact) mass is 350 g/mol. The van der Waals surface area contributed by atoms with E-state index in [0.717, 1.165) is 6.42 Å². The molecule has 0 heterocycles. The summed E-state index contributed by atoms with van der Waals surface area (Å²) in [5, 5.41) is 1.49. The van der Waals surface area contributed by atoms with Gasteiger partial charge in [0.1, 0.15) is 27.2 Å². The fourth-order valence-electron chi connectivity index (χ4n) is 0.920. The Morgan fingerprint density at radius 1 is 0.944 bits per heavy atom. The summed E-state index contributed by atoms with van der Waals surface area (Å²) in [6, 6.07) is 0. The van der Waals surface area contributed by atoms with Crippen molar-refractivity contribution in [3.63, 3.8) is 0 Å². The largest absolute Gasteiger partial charge is 0.307 e. The van der Waals surface area contributed by atoms with Gasteiger partial charge in [0, 0.05) is 30.5 Å². The average molecular weight is 350 g/mol. The summed E-state index contributed by atoms with van der Waals surface area (Å²) >= 11 is 0. The Balaban J connectivity index is -0.0000000542. The predicted octanol–water partition coefficient (Wildman–Crippen LogP) is 1.81. The van der Waals surface area contributed by atoms with Gasteiger partial charge in [-0.15, -0.1) is 6.42 Å². The molecule has 0 amide bonds. The van der Waals surface area contributed by atoms with Crippen LogP contribution in [0.1, 0.15) is 6.42 Å². The van der Waals surface area contributed by atoms with Gasteiger partial charge in [0.05, 0.1) is 0 Å². The van der Waals surface area contributed by atoms with Gasteiger partial charge in [0.25, 0.3) is 0 Å². The third-order valence-electron chi connectivity index (χ3n) is 1.50. The van der Waals surface area contributed by atoms with Crippen molar-refractivity contribution < 1.29 is 41.6 Å². The van der Waals surface area contributed by atoms with Gasteiger partial charge in [0.2, 0.25) is 0 Å². The Bertz CT molecular complexity index is 217. The molecule has 1 radical (unpaired) electrons. The van der Waals surface area contributed by atoms with Crippen LogP contribution in [-0.2, 0) is 41.6 Å². The van der Waals surface area contributed by atoms with E-state index < -0.39 is 8.07 Å². The van der Waals surface area contributed by atoms with Crippen LogP contribution in [0.5, 0.6) is 0 Å². The number of rotatable bonds is 1. The number of carbonyl (C=O) groups is 4. The minimum atomic E-state index is -1.01. The molecule has 6 heteroatoms. The first-order valence-corrected chi connectivity index (χ1v) is 8.04. The molecule has 0 fully saturated rings. The topological polar surface area (TPSA) is 68.3 Å². The Labute approximate surface area is 126 Å². The second-order valence-corrected chi connectivity index (χ2v) is 8.49. The van der Waals surface area contributed by atoms with Crippen LogP contribution in [0.25, 0.3) is 0 Å². The van der Waals surface area contributed by atoms with Crippen LogP contribution < -0.4 is 0 Å². The number of allylic oxidation sites excluding steroid dienone is 4. The summed E-state index contributed by atoms with van der Waals surface area (Å²) in [7, 11) is -1.01. The third-order valence-corrected chi connectivity index (χ3v) is 3.46. The molecule has 0 spiro atoms. The molecule has 0 saturated heterocycles. The van der Waals surface area contributed by atoms with Gasteiger partial charge in [0.15, 0.2) is 0 Å². The summed E-state index contributed by atoms with van der Waals surface area (Å²) in [5.41, 5.74) is 0. The van der Waals surface area contributed by atoms with Gasteiger partial charge < -0.3 is 19.2 Å². The zero-order valence-electron chi connectivity index (χ0n) is 11.3. The Kier molecular flexibility index (Phi) is 42.2. The van der Waals surface area contributed by atoms with E-state index in [0.29, 0.717) is 0 Å². The number of hydrogen-bond acceptors (Lipinski definition) is 4. The molecule has 1 aliphatic carbocycles. The molecule has 0 aromatic rings. The molecule has 0 bridgehead atoms. The van der Waals surface area contributed by atoms with E-state index in [4.69, 9.17) is 19.2 Å². The minimum absolute atomic E-state index is 0. The molecular formula is C12H21NbO4Si-. The molecule has 103 valence electrons. The average Bonchev–Trinajstić information content (AvgIpc) is 2.93. The van der Waals surface area contributed by atoms with Gasteiger partial charge >= 0.3 is 0 Å². The van der Waals surface area contributed by atoms with Crippen LogP contribution in [0, 0.1) is 6.08 Å². The van der Waals surface area contributed by atoms with E-state index in [1.807, 2.05) is 27.2 Å². The molecule has 1 aliphatic rings. The summed E-state index contributed by atoms with van der Waals surface area (Å²) in [5.74, 6) is 0.